The van der Waals surface area contributed by atoms with Crippen LogP contribution in [0, 0.1) is 19.7 Å². The van der Waals surface area contributed by atoms with Crippen molar-refractivity contribution >= 4 is 44.7 Å². The van der Waals surface area contributed by atoms with Crippen LogP contribution in [-0.2, 0) is 16.6 Å². The van der Waals surface area contributed by atoms with Gasteiger partial charge in [-0.2, -0.15) is 5.10 Å². The zero-order valence-corrected chi connectivity index (χ0v) is 20.5. The van der Waals surface area contributed by atoms with Gasteiger partial charge in [0.15, 0.2) is 5.11 Å². The minimum atomic E-state index is -3.83. The first-order valence-corrected chi connectivity index (χ1v) is 12.4. The quantitative estimate of drug-likeness (QED) is 0.318. The van der Waals surface area contributed by atoms with Crippen LogP contribution in [0.5, 0.6) is 0 Å². The summed E-state index contributed by atoms with van der Waals surface area (Å²) in [4.78, 5) is 7.79. The molecule has 2 aromatic carbocycles. The van der Waals surface area contributed by atoms with Crippen LogP contribution in [0.3, 0.4) is 0 Å². The van der Waals surface area contributed by atoms with Crippen LogP contribution in [0.15, 0.2) is 71.9 Å². The molecule has 180 valence electrons. The first-order valence-electron chi connectivity index (χ1n) is 10.5. The molecular weight excluding hydrogens is 489 g/mol. The highest BCUT2D eigenvalue weighted by Crippen LogP contribution is 2.22. The predicted octanol–water partition coefficient (Wildman–Crippen LogP) is 4.09. The van der Waals surface area contributed by atoms with E-state index >= 15 is 0 Å². The summed E-state index contributed by atoms with van der Waals surface area (Å²) in [5.41, 5.74) is 3.91. The van der Waals surface area contributed by atoms with E-state index in [4.69, 9.17) is 12.2 Å². The Hall–Kier alpha value is -3.90. The van der Waals surface area contributed by atoms with Gasteiger partial charge in [-0.15, -0.1) is 0 Å². The lowest BCUT2D eigenvalue weighted by Crippen LogP contribution is -2.20. The maximum Gasteiger partial charge on any atom is 0.264 e. The topological polar surface area (TPSA) is 114 Å². The average molecular weight is 512 g/mol. The maximum absolute atomic E-state index is 13.2. The van der Waals surface area contributed by atoms with Crippen LogP contribution in [0.1, 0.15) is 17.0 Å². The molecule has 0 aliphatic carbocycles. The van der Waals surface area contributed by atoms with Crippen molar-refractivity contribution in [3.05, 3.63) is 89.8 Å². The summed E-state index contributed by atoms with van der Waals surface area (Å²) >= 11 is 5.44. The molecule has 0 radical (unpaired) electrons. The molecule has 0 atom stereocenters. The number of rotatable bonds is 7. The molecule has 0 saturated heterocycles. The van der Waals surface area contributed by atoms with Crippen molar-refractivity contribution in [2.24, 2.45) is 0 Å². The molecule has 35 heavy (non-hydrogen) atoms. The molecule has 0 saturated carbocycles. The van der Waals surface area contributed by atoms with Gasteiger partial charge in [-0.05, 0) is 74.1 Å². The molecular formula is C23H22FN7O2S2. The Balaban J connectivity index is 1.40. The summed E-state index contributed by atoms with van der Waals surface area (Å²) in [7, 11) is -3.83. The molecule has 3 N–H and O–H groups in total. The number of nitrogens with one attached hydrogen (secondary N) is 3. The number of thiocarbonyl (C=S) groups is 1. The van der Waals surface area contributed by atoms with Crippen LogP contribution in [-0.4, -0.2) is 33.3 Å². The predicted molar refractivity (Wildman–Crippen MR) is 136 cm³/mol. The number of anilines is 3. The smallest absolute Gasteiger partial charge is 0.264 e. The molecule has 0 aliphatic heterocycles. The van der Waals surface area contributed by atoms with E-state index in [1.165, 1.54) is 36.7 Å². The minimum Gasteiger partial charge on any atom is -0.332 e. The Kier molecular flexibility index (Phi) is 7.03. The summed E-state index contributed by atoms with van der Waals surface area (Å²) in [5, 5.41) is 11.1. The number of hydrogen-bond acceptors (Lipinski definition) is 6. The fraction of sp³-hybridized carbons (Fsp3) is 0.130. The Morgan fingerprint density at radius 1 is 1.00 bits per heavy atom. The number of sulfonamides is 1. The highest BCUT2D eigenvalue weighted by atomic mass is 32.2. The third kappa shape index (κ3) is 5.97. The van der Waals surface area contributed by atoms with Crippen molar-refractivity contribution in [3.8, 4) is 0 Å². The van der Waals surface area contributed by atoms with E-state index in [-0.39, 0.29) is 16.7 Å². The number of aromatic nitrogens is 4. The van der Waals surface area contributed by atoms with Gasteiger partial charge < -0.3 is 10.6 Å². The minimum absolute atomic E-state index is 0.00852. The van der Waals surface area contributed by atoms with Gasteiger partial charge in [-0.25, -0.2) is 27.5 Å². The normalized spacial score (nSPS) is 11.2. The second kappa shape index (κ2) is 10.2. The summed E-state index contributed by atoms with van der Waals surface area (Å²) in [6.07, 6.45) is 2.89. The summed E-state index contributed by atoms with van der Waals surface area (Å²) < 4.78 is 42.4. The van der Waals surface area contributed by atoms with Crippen LogP contribution in [0.4, 0.5) is 21.7 Å². The van der Waals surface area contributed by atoms with Crippen LogP contribution in [0.25, 0.3) is 0 Å². The Bertz CT molecular complexity index is 1440. The molecule has 0 spiro atoms. The van der Waals surface area contributed by atoms with Crippen LogP contribution >= 0.6 is 12.2 Å². The lowest BCUT2D eigenvalue weighted by atomic mass is 10.2. The zero-order chi connectivity index (χ0) is 25.0. The first kappa shape index (κ1) is 24.2. The van der Waals surface area contributed by atoms with Crippen molar-refractivity contribution in [3.63, 3.8) is 0 Å². The molecule has 0 aliphatic rings. The molecule has 2 heterocycles. The van der Waals surface area contributed by atoms with Gasteiger partial charge >= 0.3 is 0 Å². The van der Waals surface area contributed by atoms with Crippen LogP contribution < -0.4 is 15.4 Å². The van der Waals surface area contributed by atoms with Gasteiger partial charge in [0.2, 0.25) is 5.95 Å². The van der Waals surface area contributed by atoms with Crippen molar-refractivity contribution in [1.29, 1.82) is 0 Å². The fourth-order valence-electron chi connectivity index (χ4n) is 3.32. The molecule has 0 unspecified atom stereocenters. The molecule has 2 aromatic heterocycles. The van der Waals surface area contributed by atoms with E-state index in [0.29, 0.717) is 17.3 Å². The third-order valence-corrected chi connectivity index (χ3v) is 6.63. The van der Waals surface area contributed by atoms with E-state index in [0.717, 1.165) is 22.6 Å². The van der Waals surface area contributed by atoms with E-state index in [2.05, 4.69) is 30.4 Å². The average Bonchev–Trinajstić information content (AvgIpc) is 3.08. The zero-order valence-electron chi connectivity index (χ0n) is 18.9. The number of benzene rings is 2. The molecule has 4 rings (SSSR count). The number of nitrogens with zero attached hydrogens (tertiary/aromatic N) is 4. The summed E-state index contributed by atoms with van der Waals surface area (Å²) in [6, 6.07) is 14.0. The highest BCUT2D eigenvalue weighted by molar-refractivity contribution is 7.92. The SMILES string of the molecule is Cc1nn(Cc2ccc(F)cc2)c(C)c1NC(=S)Nc1ccc(S(=O)(=O)Nc2ncccn2)cc1. The number of aryl methyl sites for hydroxylation is 1. The van der Waals surface area contributed by atoms with E-state index in [9.17, 15) is 12.8 Å². The number of halogens is 1. The van der Waals surface area contributed by atoms with E-state index < -0.39 is 10.0 Å². The maximum atomic E-state index is 13.2. The third-order valence-electron chi connectivity index (χ3n) is 5.08. The van der Waals surface area contributed by atoms with Crippen molar-refractivity contribution in [1.82, 2.24) is 19.7 Å². The van der Waals surface area contributed by atoms with E-state index in [1.807, 2.05) is 18.5 Å². The first-order chi connectivity index (χ1) is 16.7. The summed E-state index contributed by atoms with van der Waals surface area (Å²) in [6.45, 7) is 4.27. The van der Waals surface area contributed by atoms with Gasteiger partial charge in [0, 0.05) is 18.1 Å². The monoisotopic (exact) mass is 511 g/mol. The molecule has 9 nitrogen and oxygen atoms in total. The van der Waals surface area contributed by atoms with E-state index in [1.54, 1.807) is 30.3 Å². The lowest BCUT2D eigenvalue weighted by molar-refractivity contribution is 0.601. The Morgan fingerprint density at radius 2 is 1.66 bits per heavy atom. The highest BCUT2D eigenvalue weighted by Gasteiger charge is 2.16. The Labute approximate surface area is 207 Å². The molecule has 0 fully saturated rings. The van der Waals surface area contributed by atoms with Crippen molar-refractivity contribution in [2.45, 2.75) is 25.3 Å². The lowest BCUT2D eigenvalue weighted by Gasteiger charge is -2.12. The standard InChI is InChI=1S/C23H22FN7O2S2/c1-15-21(16(2)31(29-15)14-17-4-6-18(24)7-5-17)28-23(34)27-19-8-10-20(11-9-19)35(32,33)30-22-25-12-3-13-26-22/h3-13H,14H2,1-2H3,(H,25,26,30)(H2,27,28,34). The van der Waals surface area contributed by atoms with Crippen LogP contribution in [0.2, 0.25) is 0 Å². The Morgan fingerprint density at radius 3 is 2.31 bits per heavy atom. The molecule has 0 amide bonds. The molecule has 12 heteroatoms. The van der Waals surface area contributed by atoms with Gasteiger partial charge in [0.05, 0.1) is 28.5 Å². The second-order valence-corrected chi connectivity index (χ2v) is 9.70. The molecule has 0 bridgehead atoms. The van der Waals surface area contributed by atoms with Gasteiger partial charge in [-0.1, -0.05) is 12.1 Å². The largest absolute Gasteiger partial charge is 0.332 e. The van der Waals surface area contributed by atoms with Crippen molar-refractivity contribution in [2.75, 3.05) is 15.4 Å². The van der Waals surface area contributed by atoms with Gasteiger partial charge in [-0.3, -0.25) is 4.68 Å². The fourth-order valence-corrected chi connectivity index (χ4v) is 4.50. The van der Waals surface area contributed by atoms with Gasteiger partial charge in [0.25, 0.3) is 10.0 Å². The summed E-state index contributed by atoms with van der Waals surface area (Å²) in [5.74, 6) is -0.293. The molecule has 4 aromatic rings. The number of hydrogen-bond donors (Lipinski definition) is 3. The second-order valence-electron chi connectivity index (χ2n) is 7.61. The van der Waals surface area contributed by atoms with Gasteiger partial charge in [0.1, 0.15) is 5.82 Å². The van der Waals surface area contributed by atoms with Crippen molar-refractivity contribution < 1.29 is 12.8 Å².